The molecule has 10 heteroatoms. The van der Waals surface area contributed by atoms with Crippen molar-refractivity contribution < 1.29 is 30.7 Å². The van der Waals surface area contributed by atoms with E-state index in [-0.39, 0.29) is 9.79 Å². The Morgan fingerprint density at radius 3 is 1.50 bits per heavy atom. The van der Waals surface area contributed by atoms with E-state index in [0.717, 1.165) is 0 Å². The van der Waals surface area contributed by atoms with Crippen LogP contribution in [0.1, 0.15) is 22.7 Å². The van der Waals surface area contributed by atoms with Gasteiger partial charge < -0.3 is 5.21 Å². The molecule has 0 aliphatic heterocycles. The molecule has 0 fully saturated rings. The van der Waals surface area contributed by atoms with E-state index in [2.05, 4.69) is 0 Å². The van der Waals surface area contributed by atoms with E-state index in [4.69, 9.17) is 9.11 Å². The Bertz CT molecular complexity index is 1130. The van der Waals surface area contributed by atoms with Gasteiger partial charge in [-0.2, -0.15) is 21.6 Å². The number of nitrogens with zero attached hydrogens (tertiary/aromatic N) is 1. The lowest BCUT2D eigenvalue weighted by atomic mass is 9.88. The van der Waals surface area contributed by atoms with E-state index in [0.29, 0.717) is 21.6 Å². The lowest BCUT2D eigenvalue weighted by molar-refractivity contribution is -0.614. The Hall–Kier alpha value is -2.79. The third-order valence-corrected chi connectivity index (χ3v) is 5.91. The third-order valence-electron chi connectivity index (χ3n) is 4.17. The van der Waals surface area contributed by atoms with Gasteiger partial charge in [-0.05, 0) is 41.5 Å². The van der Waals surface area contributed by atoms with Gasteiger partial charge in [-0.1, -0.05) is 24.3 Å². The predicted molar refractivity (Wildman–Crippen MR) is 98.9 cm³/mol. The number of aromatic nitrogens is 1. The maximum Gasteiger partial charge on any atom is 0.294 e. The van der Waals surface area contributed by atoms with Gasteiger partial charge in [0.05, 0.1) is 15.7 Å². The van der Waals surface area contributed by atoms with Gasteiger partial charge in [0.25, 0.3) is 20.2 Å². The van der Waals surface area contributed by atoms with Crippen molar-refractivity contribution in [1.82, 2.24) is 0 Å². The van der Waals surface area contributed by atoms with E-state index in [1.54, 1.807) is 18.2 Å². The minimum absolute atomic E-state index is 0.292. The SMILES string of the molecule is O=S(=O)(O)c1ccc(C(c2ccc(S(=O)(=O)O)cc2)c2cccc[n+]2[O-])cc1. The summed E-state index contributed by atoms with van der Waals surface area (Å²) in [6.07, 6.45) is 1.31. The zero-order valence-electron chi connectivity index (χ0n) is 14.2. The van der Waals surface area contributed by atoms with E-state index < -0.39 is 26.2 Å². The summed E-state index contributed by atoms with van der Waals surface area (Å²) in [6.45, 7) is 0. The summed E-state index contributed by atoms with van der Waals surface area (Å²) in [5.41, 5.74) is 1.41. The lowest BCUT2D eigenvalue weighted by Crippen LogP contribution is -2.33. The largest absolute Gasteiger partial charge is 0.618 e. The van der Waals surface area contributed by atoms with Crippen molar-refractivity contribution in [3.05, 3.63) is 95.0 Å². The highest BCUT2D eigenvalue weighted by Crippen LogP contribution is 2.31. The molecule has 3 rings (SSSR count). The molecule has 0 aliphatic carbocycles. The molecule has 0 saturated heterocycles. The van der Waals surface area contributed by atoms with Gasteiger partial charge in [-0.3, -0.25) is 9.11 Å². The standard InChI is InChI=1S/C18H15NO7S2/c20-19-12-2-1-3-17(19)18(13-4-8-15(9-5-13)27(21,22)23)14-6-10-16(11-7-14)28(24,25)26/h1-12,18H,(H,21,22,23)(H,24,25,26). The summed E-state index contributed by atoms with van der Waals surface area (Å²) in [7, 11) is -8.73. The molecule has 0 amide bonds. The first-order chi connectivity index (χ1) is 13.1. The van der Waals surface area contributed by atoms with Crippen molar-refractivity contribution in [2.75, 3.05) is 0 Å². The van der Waals surface area contributed by atoms with E-state index in [1.807, 2.05) is 0 Å². The molecule has 3 aromatic rings. The molecule has 0 saturated carbocycles. The molecule has 146 valence electrons. The summed E-state index contributed by atoms with van der Waals surface area (Å²) in [4.78, 5) is -0.584. The summed E-state index contributed by atoms with van der Waals surface area (Å²) < 4.78 is 64.0. The minimum Gasteiger partial charge on any atom is -0.618 e. The Kier molecular flexibility index (Phi) is 5.22. The first kappa shape index (κ1) is 20.0. The van der Waals surface area contributed by atoms with Gasteiger partial charge >= 0.3 is 0 Å². The average molecular weight is 421 g/mol. The van der Waals surface area contributed by atoms with Crippen LogP contribution in [0.5, 0.6) is 0 Å². The highest BCUT2D eigenvalue weighted by atomic mass is 32.2. The van der Waals surface area contributed by atoms with Gasteiger partial charge in [0.15, 0.2) is 6.20 Å². The maximum absolute atomic E-state index is 12.3. The Balaban J connectivity index is 2.15. The fourth-order valence-corrected chi connectivity index (χ4v) is 3.82. The molecular weight excluding hydrogens is 406 g/mol. The summed E-state index contributed by atoms with van der Waals surface area (Å²) in [5.74, 6) is -0.649. The number of hydrogen-bond donors (Lipinski definition) is 2. The number of pyridine rings is 1. The Labute approximate surface area is 161 Å². The van der Waals surface area contributed by atoms with Crippen LogP contribution in [0.25, 0.3) is 0 Å². The second-order valence-corrected chi connectivity index (χ2v) is 8.82. The van der Waals surface area contributed by atoms with Crippen LogP contribution in [0.15, 0.2) is 82.7 Å². The average Bonchev–Trinajstić information content (AvgIpc) is 2.63. The van der Waals surface area contributed by atoms with Crippen LogP contribution < -0.4 is 4.73 Å². The molecule has 0 atom stereocenters. The smallest absolute Gasteiger partial charge is 0.294 e. The lowest BCUT2D eigenvalue weighted by Gasteiger charge is -2.18. The zero-order valence-corrected chi connectivity index (χ0v) is 15.8. The molecule has 28 heavy (non-hydrogen) atoms. The van der Waals surface area contributed by atoms with Crippen LogP contribution in [0.2, 0.25) is 0 Å². The molecule has 0 radical (unpaired) electrons. The summed E-state index contributed by atoms with van der Waals surface area (Å²) in [6, 6.07) is 15.5. The number of rotatable bonds is 5. The van der Waals surface area contributed by atoms with Crippen LogP contribution in [0.3, 0.4) is 0 Å². The van der Waals surface area contributed by atoms with Crippen LogP contribution in [0.4, 0.5) is 0 Å². The summed E-state index contributed by atoms with van der Waals surface area (Å²) >= 11 is 0. The van der Waals surface area contributed by atoms with Crippen LogP contribution in [-0.4, -0.2) is 25.9 Å². The first-order valence-electron chi connectivity index (χ1n) is 7.90. The molecule has 0 aliphatic rings. The van der Waals surface area contributed by atoms with Crippen molar-refractivity contribution in [3.63, 3.8) is 0 Å². The number of benzene rings is 2. The molecule has 2 N–H and O–H groups in total. The monoisotopic (exact) mass is 421 g/mol. The van der Waals surface area contributed by atoms with E-state index in [1.165, 1.54) is 54.7 Å². The van der Waals surface area contributed by atoms with Gasteiger partial charge in [-0.25, -0.2) is 0 Å². The zero-order chi connectivity index (χ0) is 20.5. The van der Waals surface area contributed by atoms with Crippen molar-refractivity contribution in [2.24, 2.45) is 0 Å². The van der Waals surface area contributed by atoms with Crippen molar-refractivity contribution >= 4 is 20.2 Å². The highest BCUT2D eigenvalue weighted by molar-refractivity contribution is 7.86. The first-order valence-corrected chi connectivity index (χ1v) is 10.8. The third kappa shape index (κ3) is 4.20. The van der Waals surface area contributed by atoms with E-state index >= 15 is 0 Å². The van der Waals surface area contributed by atoms with Crippen molar-refractivity contribution in [2.45, 2.75) is 15.7 Å². The second-order valence-electron chi connectivity index (χ2n) is 5.97. The molecule has 0 bridgehead atoms. The van der Waals surface area contributed by atoms with Gasteiger partial charge in [0.1, 0.15) is 0 Å². The normalized spacial score (nSPS) is 12.2. The molecular formula is C18H15NO7S2. The van der Waals surface area contributed by atoms with Crippen molar-refractivity contribution in [1.29, 1.82) is 0 Å². The topological polar surface area (TPSA) is 136 Å². The highest BCUT2D eigenvalue weighted by Gasteiger charge is 2.25. The summed E-state index contributed by atoms with van der Waals surface area (Å²) in [5, 5.41) is 12.3. The fourth-order valence-electron chi connectivity index (χ4n) is 2.86. The quantitative estimate of drug-likeness (QED) is 0.365. The molecule has 0 spiro atoms. The predicted octanol–water partition coefficient (Wildman–Crippen LogP) is 1.99. The fraction of sp³-hybridized carbons (Fsp3) is 0.0556. The second kappa shape index (κ2) is 7.32. The molecule has 0 unspecified atom stereocenters. The van der Waals surface area contributed by atoms with Crippen LogP contribution in [-0.2, 0) is 20.2 Å². The maximum atomic E-state index is 12.3. The molecule has 2 aromatic carbocycles. The van der Waals surface area contributed by atoms with Crippen LogP contribution in [0, 0.1) is 5.21 Å². The van der Waals surface area contributed by atoms with Crippen LogP contribution >= 0.6 is 0 Å². The van der Waals surface area contributed by atoms with Gasteiger partial charge in [0, 0.05) is 12.1 Å². The Morgan fingerprint density at radius 1 is 0.714 bits per heavy atom. The van der Waals surface area contributed by atoms with Gasteiger partial charge in [-0.15, -0.1) is 0 Å². The van der Waals surface area contributed by atoms with E-state index in [9.17, 15) is 22.0 Å². The minimum atomic E-state index is -4.37. The van der Waals surface area contributed by atoms with Gasteiger partial charge in [0.2, 0.25) is 5.69 Å². The molecule has 8 nitrogen and oxygen atoms in total. The molecule has 1 aromatic heterocycles. The Morgan fingerprint density at radius 2 is 1.14 bits per heavy atom. The van der Waals surface area contributed by atoms with Crippen molar-refractivity contribution in [3.8, 4) is 0 Å². The number of hydrogen-bond acceptors (Lipinski definition) is 5. The molecule has 1 heterocycles.